The summed E-state index contributed by atoms with van der Waals surface area (Å²) in [5.41, 5.74) is 1.54. The highest BCUT2D eigenvalue weighted by atomic mass is 35.5. The molecule has 214 valence electrons. The van der Waals surface area contributed by atoms with Crippen LogP contribution in [0.1, 0.15) is 44.7 Å². The van der Waals surface area contributed by atoms with E-state index < -0.39 is 28.5 Å². The van der Waals surface area contributed by atoms with Crippen molar-refractivity contribution in [1.29, 1.82) is 0 Å². The molecule has 0 saturated carbocycles. The van der Waals surface area contributed by atoms with E-state index >= 15 is 0 Å². The lowest BCUT2D eigenvalue weighted by Gasteiger charge is -2.34. The van der Waals surface area contributed by atoms with Gasteiger partial charge < -0.3 is 10.2 Å². The van der Waals surface area contributed by atoms with Crippen LogP contribution in [0.15, 0.2) is 77.7 Å². The molecule has 2 atom stereocenters. The molecule has 3 rings (SSSR count). The Kier molecular flexibility index (Phi) is 11.0. The second kappa shape index (κ2) is 14.0. The van der Waals surface area contributed by atoms with Gasteiger partial charge in [-0.15, -0.1) is 0 Å². The van der Waals surface area contributed by atoms with Crippen molar-refractivity contribution in [3.63, 3.8) is 0 Å². The van der Waals surface area contributed by atoms with Gasteiger partial charge in [0.05, 0.1) is 10.6 Å². The van der Waals surface area contributed by atoms with Crippen LogP contribution in [0.25, 0.3) is 0 Å². The van der Waals surface area contributed by atoms with E-state index in [0.717, 1.165) is 10.7 Å². The number of rotatable bonds is 12. The van der Waals surface area contributed by atoms with Crippen LogP contribution in [0.3, 0.4) is 0 Å². The fourth-order valence-corrected chi connectivity index (χ4v) is 6.11. The summed E-state index contributed by atoms with van der Waals surface area (Å²) in [6.45, 7) is 6.89. The van der Waals surface area contributed by atoms with E-state index in [9.17, 15) is 18.0 Å². The summed E-state index contributed by atoms with van der Waals surface area (Å²) < 4.78 is 28.9. The average Bonchev–Trinajstić information content (AvgIpc) is 2.94. The predicted molar refractivity (Wildman–Crippen MR) is 161 cm³/mol. The number of halogens is 2. The summed E-state index contributed by atoms with van der Waals surface area (Å²) in [7, 11) is -4.18. The molecule has 0 unspecified atom stereocenters. The quantitative estimate of drug-likeness (QED) is 0.266. The number of amides is 2. The van der Waals surface area contributed by atoms with E-state index in [1.54, 1.807) is 61.5 Å². The first-order chi connectivity index (χ1) is 19.0. The molecule has 2 amide bonds. The molecule has 0 radical (unpaired) electrons. The highest BCUT2D eigenvalue weighted by Crippen LogP contribution is 2.30. The Bertz CT molecular complexity index is 1430. The molecule has 10 heteroatoms. The van der Waals surface area contributed by atoms with Crippen LogP contribution < -0.4 is 9.62 Å². The number of sulfonamides is 1. The van der Waals surface area contributed by atoms with E-state index in [1.807, 2.05) is 20.8 Å². The van der Waals surface area contributed by atoms with Gasteiger partial charge in [-0.3, -0.25) is 13.9 Å². The Morgan fingerprint density at radius 1 is 0.925 bits per heavy atom. The largest absolute Gasteiger partial charge is 0.352 e. The van der Waals surface area contributed by atoms with Gasteiger partial charge in [-0.2, -0.15) is 0 Å². The van der Waals surface area contributed by atoms with E-state index in [-0.39, 0.29) is 29.1 Å². The second-order valence-corrected chi connectivity index (χ2v) is 12.3. The van der Waals surface area contributed by atoms with E-state index in [1.165, 1.54) is 23.1 Å². The molecule has 40 heavy (non-hydrogen) atoms. The number of nitrogens with zero attached hydrogens (tertiary/aromatic N) is 2. The van der Waals surface area contributed by atoms with Crippen LogP contribution in [0.4, 0.5) is 5.69 Å². The van der Waals surface area contributed by atoms with Crippen LogP contribution in [-0.4, -0.2) is 43.8 Å². The van der Waals surface area contributed by atoms with Crippen molar-refractivity contribution in [3.8, 4) is 0 Å². The number of anilines is 1. The van der Waals surface area contributed by atoms with E-state index in [4.69, 9.17) is 23.2 Å². The molecular weight excluding hydrogens is 569 g/mol. The molecule has 0 bridgehead atoms. The Labute approximate surface area is 247 Å². The summed E-state index contributed by atoms with van der Waals surface area (Å²) in [6, 6.07) is 18.9. The van der Waals surface area contributed by atoms with Gasteiger partial charge in [0.25, 0.3) is 10.0 Å². The first kappa shape index (κ1) is 31.5. The molecule has 0 aliphatic rings. The third-order valence-corrected chi connectivity index (χ3v) is 9.11. The maximum atomic E-state index is 14.1. The molecule has 1 N–H and O–H groups in total. The third kappa shape index (κ3) is 7.56. The number of hydrogen-bond donors (Lipinski definition) is 1. The molecule has 0 saturated heterocycles. The number of aryl methyl sites for hydroxylation is 1. The van der Waals surface area contributed by atoms with Crippen LogP contribution >= 0.6 is 23.2 Å². The zero-order chi connectivity index (χ0) is 29.4. The zero-order valence-corrected chi connectivity index (χ0v) is 25.4. The lowest BCUT2D eigenvalue weighted by molar-refractivity contribution is -0.140. The lowest BCUT2D eigenvalue weighted by atomic mass is 10.1. The van der Waals surface area contributed by atoms with Gasteiger partial charge in [0.15, 0.2) is 0 Å². The molecular formula is C30H35Cl2N3O4S. The van der Waals surface area contributed by atoms with Gasteiger partial charge in [-0.25, -0.2) is 8.42 Å². The van der Waals surface area contributed by atoms with Gasteiger partial charge in [-0.05, 0) is 68.1 Å². The monoisotopic (exact) mass is 603 g/mol. The molecule has 0 aliphatic carbocycles. The van der Waals surface area contributed by atoms with Crippen molar-refractivity contribution in [1.82, 2.24) is 10.2 Å². The van der Waals surface area contributed by atoms with Gasteiger partial charge in [0.2, 0.25) is 11.8 Å². The Morgan fingerprint density at radius 3 is 2.20 bits per heavy atom. The molecule has 3 aromatic rings. The molecule has 7 nitrogen and oxygen atoms in total. The SMILES string of the molecule is CC[C@@H](C)NC(=O)[C@@H](CC)N(Cc1ccccc1Cl)C(=O)CN(c1cc(Cl)ccc1C)S(=O)(=O)c1ccccc1. The summed E-state index contributed by atoms with van der Waals surface area (Å²) >= 11 is 12.7. The van der Waals surface area contributed by atoms with E-state index in [0.29, 0.717) is 27.6 Å². The standard InChI is InChI=1S/C30H35Cl2N3O4S/c1-5-22(4)33-30(37)27(6-2)34(19-23-12-10-11-15-26(23)32)29(36)20-35(28-18-24(31)17-16-21(28)3)40(38,39)25-13-8-7-9-14-25/h7-18,22,27H,5-6,19-20H2,1-4H3,(H,33,37)/t22-,27-/m1/s1. The van der Waals surface area contributed by atoms with Gasteiger partial charge in [0.1, 0.15) is 12.6 Å². The summed E-state index contributed by atoms with van der Waals surface area (Å²) in [6.07, 6.45) is 1.04. The minimum absolute atomic E-state index is 0.0265. The van der Waals surface area contributed by atoms with E-state index in [2.05, 4.69) is 5.32 Å². The normalized spacial score (nSPS) is 12.8. The highest BCUT2D eigenvalue weighted by Gasteiger charge is 2.34. The second-order valence-electron chi connectivity index (χ2n) is 9.61. The number of carbonyl (C=O) groups excluding carboxylic acids is 2. The molecule has 0 aromatic heterocycles. The zero-order valence-electron chi connectivity index (χ0n) is 23.1. The fraction of sp³-hybridized carbons (Fsp3) is 0.333. The third-order valence-electron chi connectivity index (χ3n) is 6.74. The molecule has 0 aliphatic heterocycles. The predicted octanol–water partition coefficient (Wildman–Crippen LogP) is 6.22. The first-order valence-electron chi connectivity index (χ1n) is 13.2. The van der Waals surface area contributed by atoms with Crippen LogP contribution in [0.2, 0.25) is 10.0 Å². The molecule has 0 spiro atoms. The van der Waals surface area contributed by atoms with Crippen molar-refractivity contribution in [2.24, 2.45) is 0 Å². The minimum atomic E-state index is -4.18. The van der Waals surface area contributed by atoms with Crippen molar-refractivity contribution in [2.45, 2.75) is 64.1 Å². The van der Waals surface area contributed by atoms with Crippen LogP contribution in [0, 0.1) is 6.92 Å². The summed E-state index contributed by atoms with van der Waals surface area (Å²) in [5, 5.41) is 3.73. The Hall–Kier alpha value is -3.07. The summed E-state index contributed by atoms with van der Waals surface area (Å²) in [4.78, 5) is 28.9. The minimum Gasteiger partial charge on any atom is -0.352 e. The van der Waals surface area contributed by atoms with Crippen molar-refractivity contribution in [3.05, 3.63) is 94.0 Å². The average molecular weight is 605 g/mol. The van der Waals surface area contributed by atoms with Crippen LogP contribution in [-0.2, 0) is 26.2 Å². The fourth-order valence-electron chi connectivity index (χ4n) is 4.25. The molecule has 3 aromatic carbocycles. The highest BCUT2D eigenvalue weighted by molar-refractivity contribution is 7.92. The van der Waals surface area contributed by atoms with Crippen molar-refractivity contribution in [2.75, 3.05) is 10.8 Å². The van der Waals surface area contributed by atoms with Gasteiger partial charge in [-0.1, -0.05) is 79.5 Å². The van der Waals surface area contributed by atoms with Gasteiger partial charge >= 0.3 is 0 Å². The smallest absolute Gasteiger partial charge is 0.264 e. The van der Waals surface area contributed by atoms with Crippen molar-refractivity contribution < 1.29 is 18.0 Å². The molecule has 0 fully saturated rings. The maximum Gasteiger partial charge on any atom is 0.264 e. The first-order valence-corrected chi connectivity index (χ1v) is 15.4. The number of nitrogens with one attached hydrogen (secondary N) is 1. The number of hydrogen-bond acceptors (Lipinski definition) is 4. The number of benzene rings is 3. The lowest BCUT2D eigenvalue weighted by Crippen LogP contribution is -2.53. The van der Waals surface area contributed by atoms with Crippen molar-refractivity contribution >= 4 is 50.7 Å². The van der Waals surface area contributed by atoms with Gasteiger partial charge in [0, 0.05) is 22.6 Å². The molecule has 0 heterocycles. The Balaban J connectivity index is 2.10. The maximum absolute atomic E-state index is 14.1. The van der Waals surface area contributed by atoms with Crippen LogP contribution in [0.5, 0.6) is 0 Å². The topological polar surface area (TPSA) is 86.8 Å². The summed E-state index contributed by atoms with van der Waals surface area (Å²) in [5.74, 6) is -0.862. The number of carbonyl (C=O) groups is 2. The Morgan fingerprint density at radius 2 is 1.57 bits per heavy atom.